The first-order valence-electron chi connectivity index (χ1n) is 7.96. The highest BCUT2D eigenvalue weighted by molar-refractivity contribution is 5.71. The van der Waals surface area contributed by atoms with Crippen molar-refractivity contribution in [3.8, 4) is 12.3 Å². The lowest BCUT2D eigenvalue weighted by molar-refractivity contribution is -0.152. The molecule has 2 unspecified atom stereocenters. The van der Waals surface area contributed by atoms with Crippen LogP contribution in [0.5, 0.6) is 0 Å². The van der Waals surface area contributed by atoms with Gasteiger partial charge in [-0.3, -0.25) is 19.1 Å². The standard InChI is InChI=1S/C15H18N2O5.2CH4O/c1-4-10-7-17(15(20)16-13(10)18)12-6-5-11(22-12)8-21-14(19)9(2)3;2*1-2/h1,7,9,11-12H,5-6,8H2,2-3H3,(H,16,18,20);2*2H,1H3. The Kier molecular flexibility index (Phi) is 10.9. The molecule has 26 heavy (non-hydrogen) atoms. The van der Waals surface area contributed by atoms with Crippen molar-refractivity contribution in [1.82, 2.24) is 9.55 Å². The maximum atomic E-state index is 11.8. The third-order valence-electron chi connectivity index (χ3n) is 3.40. The van der Waals surface area contributed by atoms with Crippen LogP contribution in [-0.2, 0) is 14.3 Å². The molecule has 3 N–H and O–H groups in total. The lowest BCUT2D eigenvalue weighted by Gasteiger charge is -2.16. The Morgan fingerprint density at radius 2 is 2.00 bits per heavy atom. The zero-order chi connectivity index (χ0) is 20.3. The van der Waals surface area contributed by atoms with Crippen molar-refractivity contribution in [3.05, 3.63) is 32.6 Å². The molecule has 0 radical (unpaired) electrons. The van der Waals surface area contributed by atoms with E-state index in [0.29, 0.717) is 12.8 Å². The highest BCUT2D eigenvalue weighted by atomic mass is 16.6. The number of aliphatic hydroxyl groups is 2. The minimum Gasteiger partial charge on any atom is -0.463 e. The molecule has 1 aromatic rings. The normalized spacial score (nSPS) is 18.1. The Bertz CT molecular complexity index is 715. The summed E-state index contributed by atoms with van der Waals surface area (Å²) in [5, 5.41) is 14.0. The lowest BCUT2D eigenvalue weighted by Crippen LogP contribution is -2.33. The van der Waals surface area contributed by atoms with Crippen LogP contribution in [0.4, 0.5) is 0 Å². The van der Waals surface area contributed by atoms with Gasteiger partial charge in [-0.1, -0.05) is 19.8 Å². The van der Waals surface area contributed by atoms with E-state index in [1.165, 1.54) is 10.8 Å². The van der Waals surface area contributed by atoms with Crippen LogP contribution in [0.25, 0.3) is 0 Å². The summed E-state index contributed by atoms with van der Waals surface area (Å²) >= 11 is 0. The molecule has 1 saturated heterocycles. The molecule has 1 fully saturated rings. The van der Waals surface area contributed by atoms with E-state index in [-0.39, 0.29) is 30.2 Å². The molecule has 1 aliphatic heterocycles. The molecule has 2 atom stereocenters. The number of hydrogen-bond acceptors (Lipinski definition) is 7. The van der Waals surface area contributed by atoms with Gasteiger partial charge in [0.15, 0.2) is 0 Å². The number of aliphatic hydroxyl groups excluding tert-OH is 2. The SMILES string of the molecule is C#Cc1cn(C2CCC(COC(=O)C(C)C)O2)c(=O)[nH]c1=O.CO.CO. The number of carbonyl (C=O) groups is 1. The number of aromatic amines is 1. The van der Waals surface area contributed by atoms with E-state index in [1.54, 1.807) is 13.8 Å². The summed E-state index contributed by atoms with van der Waals surface area (Å²) in [5.41, 5.74) is -1.10. The van der Waals surface area contributed by atoms with E-state index in [9.17, 15) is 14.4 Å². The molecule has 0 spiro atoms. The number of aromatic nitrogens is 2. The van der Waals surface area contributed by atoms with Crippen LogP contribution in [0.3, 0.4) is 0 Å². The van der Waals surface area contributed by atoms with Crippen molar-refractivity contribution in [2.75, 3.05) is 20.8 Å². The monoisotopic (exact) mass is 370 g/mol. The maximum Gasteiger partial charge on any atom is 0.330 e. The van der Waals surface area contributed by atoms with Gasteiger partial charge >= 0.3 is 11.7 Å². The number of rotatable bonds is 4. The van der Waals surface area contributed by atoms with Crippen molar-refractivity contribution < 1.29 is 24.5 Å². The fraction of sp³-hybridized carbons (Fsp3) is 0.588. The predicted octanol–water partition coefficient (Wildman–Crippen LogP) is -0.388. The zero-order valence-corrected chi connectivity index (χ0v) is 15.4. The number of ether oxygens (including phenoxy) is 2. The first-order valence-corrected chi connectivity index (χ1v) is 7.96. The molecular formula is C17H26N2O7. The van der Waals surface area contributed by atoms with E-state index < -0.39 is 17.5 Å². The highest BCUT2D eigenvalue weighted by Gasteiger charge is 2.28. The molecule has 9 heteroatoms. The second kappa shape index (κ2) is 12.0. The van der Waals surface area contributed by atoms with Gasteiger partial charge in [0, 0.05) is 20.4 Å². The van der Waals surface area contributed by atoms with Gasteiger partial charge in [-0.2, -0.15) is 0 Å². The first kappa shape index (κ1) is 23.6. The van der Waals surface area contributed by atoms with E-state index in [1.807, 2.05) is 0 Å². The minimum absolute atomic E-state index is 0.0675. The number of nitrogens with zero attached hydrogens (tertiary/aromatic N) is 1. The fourth-order valence-electron chi connectivity index (χ4n) is 2.16. The van der Waals surface area contributed by atoms with Crippen LogP contribution in [0.2, 0.25) is 0 Å². The molecule has 0 aliphatic carbocycles. The number of H-pyrrole nitrogens is 1. The number of esters is 1. The van der Waals surface area contributed by atoms with Gasteiger partial charge < -0.3 is 19.7 Å². The van der Waals surface area contributed by atoms with Crippen LogP contribution in [0.15, 0.2) is 15.8 Å². The summed E-state index contributed by atoms with van der Waals surface area (Å²) in [6.45, 7) is 3.65. The van der Waals surface area contributed by atoms with Gasteiger partial charge in [0.1, 0.15) is 18.4 Å². The number of terminal acetylenes is 1. The van der Waals surface area contributed by atoms with E-state index in [2.05, 4.69) is 10.9 Å². The first-order chi connectivity index (χ1) is 12.4. The third-order valence-corrected chi connectivity index (χ3v) is 3.40. The summed E-state index contributed by atoms with van der Waals surface area (Å²) in [6, 6.07) is 0. The largest absolute Gasteiger partial charge is 0.463 e. The molecule has 1 aromatic heterocycles. The quantitative estimate of drug-likeness (QED) is 0.486. The summed E-state index contributed by atoms with van der Waals surface area (Å²) in [7, 11) is 2.00. The van der Waals surface area contributed by atoms with Crippen LogP contribution in [0, 0.1) is 18.3 Å². The highest BCUT2D eigenvalue weighted by Crippen LogP contribution is 2.27. The van der Waals surface area contributed by atoms with Gasteiger partial charge in [0.05, 0.1) is 12.0 Å². The third kappa shape index (κ3) is 6.48. The number of hydrogen-bond donors (Lipinski definition) is 3. The molecule has 146 valence electrons. The molecule has 2 heterocycles. The van der Waals surface area contributed by atoms with Crippen LogP contribution in [-0.4, -0.2) is 52.7 Å². The molecule has 0 aromatic carbocycles. The van der Waals surface area contributed by atoms with E-state index in [4.69, 9.17) is 26.1 Å². The average molecular weight is 370 g/mol. The van der Waals surface area contributed by atoms with Gasteiger partial charge in [0.25, 0.3) is 5.56 Å². The van der Waals surface area contributed by atoms with E-state index in [0.717, 1.165) is 14.2 Å². The lowest BCUT2D eigenvalue weighted by atomic mass is 10.2. The van der Waals surface area contributed by atoms with Crippen molar-refractivity contribution in [3.63, 3.8) is 0 Å². The van der Waals surface area contributed by atoms with Gasteiger partial charge in [-0.25, -0.2) is 4.79 Å². The number of nitrogens with one attached hydrogen (secondary N) is 1. The van der Waals surface area contributed by atoms with Gasteiger partial charge in [-0.05, 0) is 12.8 Å². The summed E-state index contributed by atoms with van der Waals surface area (Å²) in [6.07, 6.45) is 6.94. The van der Waals surface area contributed by atoms with Crippen LogP contribution >= 0.6 is 0 Å². The fourth-order valence-corrected chi connectivity index (χ4v) is 2.16. The average Bonchev–Trinajstić information content (AvgIpc) is 3.11. The van der Waals surface area contributed by atoms with Crippen molar-refractivity contribution in [2.45, 2.75) is 39.0 Å². The zero-order valence-electron chi connectivity index (χ0n) is 15.4. The van der Waals surface area contributed by atoms with Gasteiger partial charge in [-0.15, -0.1) is 6.42 Å². The smallest absolute Gasteiger partial charge is 0.330 e. The summed E-state index contributed by atoms with van der Waals surface area (Å²) in [4.78, 5) is 36.9. The second-order valence-electron chi connectivity index (χ2n) is 5.43. The Morgan fingerprint density at radius 3 is 2.54 bits per heavy atom. The Labute approximate surface area is 151 Å². The Balaban J connectivity index is 0.00000146. The molecule has 9 nitrogen and oxygen atoms in total. The Hall–Kier alpha value is -2.41. The second-order valence-corrected chi connectivity index (χ2v) is 5.43. The minimum atomic E-state index is -0.593. The van der Waals surface area contributed by atoms with Crippen LogP contribution in [0.1, 0.15) is 38.5 Å². The summed E-state index contributed by atoms with van der Waals surface area (Å²) in [5.74, 6) is 1.74. The van der Waals surface area contributed by atoms with Crippen LogP contribution < -0.4 is 11.2 Å². The van der Waals surface area contributed by atoms with Crippen molar-refractivity contribution >= 4 is 5.97 Å². The molecule has 0 bridgehead atoms. The Morgan fingerprint density at radius 1 is 1.38 bits per heavy atom. The van der Waals surface area contributed by atoms with Crippen molar-refractivity contribution in [2.24, 2.45) is 5.92 Å². The summed E-state index contributed by atoms with van der Waals surface area (Å²) < 4.78 is 12.1. The molecular weight excluding hydrogens is 344 g/mol. The topological polar surface area (TPSA) is 131 Å². The maximum absolute atomic E-state index is 11.8. The molecule has 0 amide bonds. The molecule has 1 aliphatic rings. The number of carbonyl (C=O) groups excluding carboxylic acids is 1. The molecule has 0 saturated carbocycles. The predicted molar refractivity (Wildman–Crippen MR) is 94.5 cm³/mol. The van der Waals surface area contributed by atoms with Crippen molar-refractivity contribution in [1.29, 1.82) is 0 Å². The molecule has 2 rings (SSSR count). The van der Waals surface area contributed by atoms with E-state index >= 15 is 0 Å². The van der Waals surface area contributed by atoms with Gasteiger partial charge in [0.2, 0.25) is 0 Å².